The zero-order valence-corrected chi connectivity index (χ0v) is 9.62. The van der Waals surface area contributed by atoms with E-state index in [1.165, 1.54) is 16.3 Å². The molecule has 0 aliphatic rings. The summed E-state index contributed by atoms with van der Waals surface area (Å²) in [5, 5.41) is 2.57. The summed E-state index contributed by atoms with van der Waals surface area (Å²) in [4.78, 5) is 4.22. The van der Waals surface area contributed by atoms with Gasteiger partial charge in [0.25, 0.3) is 0 Å². The molecule has 0 radical (unpaired) electrons. The van der Waals surface area contributed by atoms with Gasteiger partial charge in [0, 0.05) is 17.8 Å². The van der Waals surface area contributed by atoms with E-state index in [1.807, 2.05) is 12.4 Å². The number of aromatic nitrogens is 1. The van der Waals surface area contributed by atoms with Crippen LogP contribution in [0, 0.1) is 0 Å². The largest absolute Gasteiger partial charge is 0.264 e. The van der Waals surface area contributed by atoms with Gasteiger partial charge in [-0.15, -0.1) is 0 Å². The second-order valence-corrected chi connectivity index (χ2v) is 4.64. The Morgan fingerprint density at radius 3 is 2.73 bits per heavy atom. The first kappa shape index (κ1) is 10.2. The van der Waals surface area contributed by atoms with Crippen LogP contribution in [0.15, 0.2) is 36.7 Å². The molecule has 1 nitrogen and oxygen atoms in total. The van der Waals surface area contributed by atoms with Gasteiger partial charge in [-0.05, 0) is 28.9 Å². The lowest BCUT2D eigenvalue weighted by Crippen LogP contribution is -2.15. The third-order valence-electron chi connectivity index (χ3n) is 3.30. The lowest BCUT2D eigenvalue weighted by molar-refractivity contribution is 0.510. The summed E-state index contributed by atoms with van der Waals surface area (Å²) in [6, 6.07) is 8.57. The molecule has 1 aromatic carbocycles. The Kier molecular flexibility index (Phi) is 2.47. The van der Waals surface area contributed by atoms with Crippen LogP contribution >= 0.6 is 0 Å². The van der Waals surface area contributed by atoms with Crippen molar-refractivity contribution in [2.75, 3.05) is 0 Å². The summed E-state index contributed by atoms with van der Waals surface area (Å²) in [6.45, 7) is 6.80. The maximum absolute atomic E-state index is 4.22. The van der Waals surface area contributed by atoms with Gasteiger partial charge in [-0.25, -0.2) is 0 Å². The minimum atomic E-state index is 0.225. The van der Waals surface area contributed by atoms with Crippen molar-refractivity contribution in [3.63, 3.8) is 0 Å². The highest BCUT2D eigenvalue weighted by Crippen LogP contribution is 2.32. The average molecular weight is 199 g/mol. The Morgan fingerprint density at radius 2 is 2.00 bits per heavy atom. The van der Waals surface area contributed by atoms with Gasteiger partial charge >= 0.3 is 0 Å². The van der Waals surface area contributed by atoms with Crippen molar-refractivity contribution >= 4 is 10.8 Å². The van der Waals surface area contributed by atoms with E-state index in [2.05, 4.69) is 50.0 Å². The molecule has 0 fully saturated rings. The molecule has 0 saturated heterocycles. The number of benzene rings is 1. The zero-order chi connectivity index (χ0) is 10.9. The maximum atomic E-state index is 4.22. The van der Waals surface area contributed by atoms with Gasteiger partial charge in [-0.3, -0.25) is 4.98 Å². The van der Waals surface area contributed by atoms with Crippen LogP contribution in [0.2, 0.25) is 0 Å². The molecular formula is C14H17N. The van der Waals surface area contributed by atoms with E-state index in [-0.39, 0.29) is 5.41 Å². The fraction of sp³-hybridized carbons (Fsp3) is 0.357. The third kappa shape index (κ3) is 1.74. The molecule has 1 heteroatoms. The number of pyridine rings is 1. The number of fused-ring (bicyclic) bond motifs is 1. The van der Waals surface area contributed by atoms with Crippen LogP contribution in [0.25, 0.3) is 10.8 Å². The van der Waals surface area contributed by atoms with Gasteiger partial charge in [0.15, 0.2) is 0 Å². The molecule has 78 valence electrons. The molecule has 0 saturated carbocycles. The molecule has 0 N–H and O–H groups in total. The highest BCUT2D eigenvalue weighted by molar-refractivity contribution is 5.85. The zero-order valence-electron chi connectivity index (χ0n) is 9.62. The molecule has 0 bridgehead atoms. The van der Waals surface area contributed by atoms with E-state index in [0.717, 1.165) is 6.42 Å². The highest BCUT2D eigenvalue weighted by atomic mass is 14.6. The predicted octanol–water partition coefficient (Wildman–Crippen LogP) is 3.92. The molecule has 0 unspecified atom stereocenters. The number of hydrogen-bond donors (Lipinski definition) is 0. The van der Waals surface area contributed by atoms with Gasteiger partial charge in [-0.2, -0.15) is 0 Å². The van der Waals surface area contributed by atoms with E-state index in [0.29, 0.717) is 0 Å². The van der Waals surface area contributed by atoms with Crippen LogP contribution in [-0.4, -0.2) is 4.98 Å². The minimum Gasteiger partial charge on any atom is -0.264 e. The second kappa shape index (κ2) is 3.65. The van der Waals surface area contributed by atoms with E-state index in [4.69, 9.17) is 0 Å². The summed E-state index contributed by atoms with van der Waals surface area (Å²) in [6.07, 6.45) is 4.97. The Bertz CT molecular complexity index is 466. The number of rotatable bonds is 2. The van der Waals surface area contributed by atoms with Crippen molar-refractivity contribution in [3.05, 3.63) is 42.2 Å². The summed E-state index contributed by atoms with van der Waals surface area (Å²) in [5.41, 5.74) is 1.62. The van der Waals surface area contributed by atoms with Crippen LogP contribution in [0.3, 0.4) is 0 Å². The number of nitrogens with zero attached hydrogens (tertiary/aromatic N) is 1. The van der Waals surface area contributed by atoms with E-state index < -0.39 is 0 Å². The standard InChI is InChI=1S/C14H17N/c1-4-14(2,3)13-7-5-6-11-8-9-15-10-12(11)13/h5-10H,4H2,1-3H3. The first-order valence-corrected chi connectivity index (χ1v) is 5.48. The smallest absolute Gasteiger partial charge is 0.0349 e. The Balaban J connectivity index is 2.71. The first-order chi connectivity index (χ1) is 7.15. The van der Waals surface area contributed by atoms with Gasteiger partial charge in [0.05, 0.1) is 0 Å². The first-order valence-electron chi connectivity index (χ1n) is 5.48. The molecule has 1 aromatic heterocycles. The fourth-order valence-corrected chi connectivity index (χ4v) is 1.89. The van der Waals surface area contributed by atoms with Crippen molar-refractivity contribution in [2.24, 2.45) is 0 Å². The van der Waals surface area contributed by atoms with E-state index in [1.54, 1.807) is 0 Å². The van der Waals surface area contributed by atoms with Crippen LogP contribution in [-0.2, 0) is 5.41 Å². The van der Waals surface area contributed by atoms with Gasteiger partial charge in [0.1, 0.15) is 0 Å². The van der Waals surface area contributed by atoms with Gasteiger partial charge in [0.2, 0.25) is 0 Å². The summed E-state index contributed by atoms with van der Waals surface area (Å²) in [5.74, 6) is 0. The van der Waals surface area contributed by atoms with Crippen LogP contribution in [0.5, 0.6) is 0 Å². The van der Waals surface area contributed by atoms with E-state index in [9.17, 15) is 0 Å². The lowest BCUT2D eigenvalue weighted by atomic mass is 9.80. The molecule has 0 spiro atoms. The fourth-order valence-electron chi connectivity index (χ4n) is 1.89. The molecular weight excluding hydrogens is 182 g/mol. The van der Waals surface area contributed by atoms with Crippen molar-refractivity contribution < 1.29 is 0 Å². The Labute approximate surface area is 91.2 Å². The van der Waals surface area contributed by atoms with E-state index >= 15 is 0 Å². The SMILES string of the molecule is CCC(C)(C)c1cccc2ccncc12. The molecule has 0 aliphatic heterocycles. The average Bonchev–Trinajstić information content (AvgIpc) is 2.28. The quantitative estimate of drug-likeness (QED) is 0.714. The Hall–Kier alpha value is -1.37. The molecule has 2 rings (SSSR count). The molecule has 2 aromatic rings. The van der Waals surface area contributed by atoms with Crippen molar-refractivity contribution in [3.8, 4) is 0 Å². The normalized spacial score (nSPS) is 11.9. The predicted molar refractivity (Wildman–Crippen MR) is 65.1 cm³/mol. The maximum Gasteiger partial charge on any atom is 0.0349 e. The van der Waals surface area contributed by atoms with Gasteiger partial charge in [-0.1, -0.05) is 39.0 Å². The molecule has 0 atom stereocenters. The summed E-state index contributed by atoms with van der Waals surface area (Å²) < 4.78 is 0. The third-order valence-corrected chi connectivity index (χ3v) is 3.30. The summed E-state index contributed by atoms with van der Waals surface area (Å²) in [7, 11) is 0. The Morgan fingerprint density at radius 1 is 1.20 bits per heavy atom. The van der Waals surface area contributed by atoms with Crippen molar-refractivity contribution in [2.45, 2.75) is 32.6 Å². The lowest BCUT2D eigenvalue weighted by Gasteiger charge is -2.24. The molecule has 1 heterocycles. The van der Waals surface area contributed by atoms with Crippen LogP contribution in [0.1, 0.15) is 32.8 Å². The number of hydrogen-bond acceptors (Lipinski definition) is 1. The van der Waals surface area contributed by atoms with Crippen LogP contribution < -0.4 is 0 Å². The highest BCUT2D eigenvalue weighted by Gasteiger charge is 2.19. The molecule has 0 aliphatic carbocycles. The van der Waals surface area contributed by atoms with Crippen molar-refractivity contribution in [1.29, 1.82) is 0 Å². The second-order valence-electron chi connectivity index (χ2n) is 4.64. The molecule has 15 heavy (non-hydrogen) atoms. The molecule has 0 amide bonds. The van der Waals surface area contributed by atoms with Crippen molar-refractivity contribution in [1.82, 2.24) is 4.98 Å². The summed E-state index contributed by atoms with van der Waals surface area (Å²) >= 11 is 0. The monoisotopic (exact) mass is 199 g/mol. The minimum absolute atomic E-state index is 0.225. The van der Waals surface area contributed by atoms with Crippen LogP contribution in [0.4, 0.5) is 0 Å². The topological polar surface area (TPSA) is 12.9 Å². The van der Waals surface area contributed by atoms with Gasteiger partial charge < -0.3 is 0 Å².